The highest BCUT2D eigenvalue weighted by atomic mass is 35.5. The number of anilines is 1. The highest BCUT2D eigenvalue weighted by Gasteiger charge is 2.65. The Bertz CT molecular complexity index is 824. The van der Waals surface area contributed by atoms with E-state index in [0.29, 0.717) is 0 Å². The SMILES string of the molecule is O=C([O-])[C@H]1[C@H]2C=C[C@]3(CN(c4cc(C(F)(F)F)ccc4Cl)C(=O)[C@@H]13)O2. The molecule has 9 heteroatoms. The van der Waals surface area contributed by atoms with Gasteiger partial charge in [0.05, 0.1) is 34.8 Å². The van der Waals surface area contributed by atoms with Crippen LogP contribution in [-0.2, 0) is 20.5 Å². The number of alkyl halides is 3. The van der Waals surface area contributed by atoms with Crippen LogP contribution in [0.5, 0.6) is 0 Å². The molecular weight excluding hydrogens is 363 g/mol. The number of carboxylic acid groups (broad SMARTS) is 1. The van der Waals surface area contributed by atoms with Gasteiger partial charge in [-0.15, -0.1) is 0 Å². The summed E-state index contributed by atoms with van der Waals surface area (Å²) in [6, 6.07) is 2.66. The maximum atomic E-state index is 13.0. The first kappa shape index (κ1) is 16.4. The van der Waals surface area contributed by atoms with Gasteiger partial charge in [0.1, 0.15) is 5.60 Å². The van der Waals surface area contributed by atoms with E-state index >= 15 is 0 Å². The minimum Gasteiger partial charge on any atom is -0.550 e. The Labute approximate surface area is 144 Å². The van der Waals surface area contributed by atoms with Crippen LogP contribution in [0.25, 0.3) is 0 Å². The predicted molar refractivity (Wildman–Crippen MR) is 77.5 cm³/mol. The van der Waals surface area contributed by atoms with Crippen LogP contribution in [0.3, 0.4) is 0 Å². The highest BCUT2D eigenvalue weighted by molar-refractivity contribution is 6.34. The molecule has 2 fully saturated rings. The molecule has 0 aliphatic carbocycles. The lowest BCUT2D eigenvalue weighted by Gasteiger charge is -2.24. The number of benzene rings is 1. The molecule has 1 aromatic carbocycles. The van der Waals surface area contributed by atoms with Crippen molar-refractivity contribution in [3.05, 3.63) is 40.9 Å². The number of aliphatic carboxylic acids is 1. The van der Waals surface area contributed by atoms with Crippen LogP contribution in [0.1, 0.15) is 5.56 Å². The summed E-state index contributed by atoms with van der Waals surface area (Å²) >= 11 is 6.00. The Balaban J connectivity index is 1.76. The zero-order valence-corrected chi connectivity index (χ0v) is 13.2. The van der Waals surface area contributed by atoms with E-state index in [-0.39, 0.29) is 17.3 Å². The molecule has 2 bridgehead atoms. The third-order valence-electron chi connectivity index (χ3n) is 4.94. The van der Waals surface area contributed by atoms with Gasteiger partial charge in [-0.2, -0.15) is 13.2 Å². The van der Waals surface area contributed by atoms with E-state index in [9.17, 15) is 27.9 Å². The zero-order valence-electron chi connectivity index (χ0n) is 12.4. The molecule has 4 rings (SSSR count). The van der Waals surface area contributed by atoms with Crippen LogP contribution in [-0.4, -0.2) is 30.1 Å². The number of halogens is 4. The van der Waals surface area contributed by atoms with E-state index in [1.54, 1.807) is 12.2 Å². The lowest BCUT2D eigenvalue weighted by molar-refractivity contribution is -0.313. The first-order valence-corrected chi connectivity index (χ1v) is 7.78. The topological polar surface area (TPSA) is 69.7 Å². The maximum absolute atomic E-state index is 13.0. The molecule has 5 nitrogen and oxygen atoms in total. The number of fused-ring (bicyclic) bond motifs is 1. The van der Waals surface area contributed by atoms with Crippen LogP contribution >= 0.6 is 11.6 Å². The van der Waals surface area contributed by atoms with E-state index in [2.05, 4.69) is 0 Å². The second-order valence-electron chi connectivity index (χ2n) is 6.31. The Hall–Kier alpha value is -2.06. The van der Waals surface area contributed by atoms with Crippen LogP contribution in [0.15, 0.2) is 30.4 Å². The predicted octanol–water partition coefficient (Wildman–Crippen LogP) is 1.40. The largest absolute Gasteiger partial charge is 0.550 e. The third-order valence-corrected chi connectivity index (χ3v) is 5.26. The van der Waals surface area contributed by atoms with Crippen molar-refractivity contribution < 1.29 is 32.6 Å². The van der Waals surface area contributed by atoms with E-state index in [0.717, 1.165) is 23.1 Å². The average molecular weight is 373 g/mol. The quantitative estimate of drug-likeness (QED) is 0.736. The van der Waals surface area contributed by atoms with Crippen molar-refractivity contribution in [3.63, 3.8) is 0 Å². The molecule has 3 heterocycles. The van der Waals surface area contributed by atoms with Crippen LogP contribution in [0.2, 0.25) is 5.02 Å². The maximum Gasteiger partial charge on any atom is 0.416 e. The molecule has 2 saturated heterocycles. The number of nitrogens with zero attached hydrogens (tertiary/aromatic N) is 1. The lowest BCUT2D eigenvalue weighted by atomic mass is 9.77. The molecule has 3 aliphatic heterocycles. The number of amides is 1. The third kappa shape index (κ3) is 2.20. The molecule has 1 amide bonds. The number of carboxylic acids is 1. The van der Waals surface area contributed by atoms with Gasteiger partial charge in [-0.1, -0.05) is 23.8 Å². The Morgan fingerprint density at radius 3 is 2.76 bits per heavy atom. The fourth-order valence-corrected chi connectivity index (χ4v) is 4.09. The first-order valence-electron chi connectivity index (χ1n) is 7.40. The summed E-state index contributed by atoms with van der Waals surface area (Å²) < 4.78 is 44.5. The van der Waals surface area contributed by atoms with Crippen LogP contribution < -0.4 is 10.0 Å². The molecular formula is C16H10ClF3NO4-. The highest BCUT2D eigenvalue weighted by Crippen LogP contribution is 2.53. The second kappa shape index (κ2) is 4.98. The van der Waals surface area contributed by atoms with Gasteiger partial charge < -0.3 is 19.5 Å². The van der Waals surface area contributed by atoms with Crippen molar-refractivity contribution in [1.82, 2.24) is 0 Å². The molecule has 0 aromatic heterocycles. The van der Waals surface area contributed by atoms with Crippen LogP contribution in [0.4, 0.5) is 18.9 Å². The summed E-state index contributed by atoms with van der Waals surface area (Å²) in [6.45, 7) is -0.103. The molecule has 1 aromatic rings. The fraction of sp³-hybridized carbons (Fsp3) is 0.375. The lowest BCUT2D eigenvalue weighted by Crippen LogP contribution is -2.45. The first-order chi connectivity index (χ1) is 11.6. The van der Waals surface area contributed by atoms with Crippen LogP contribution in [0, 0.1) is 11.8 Å². The minimum atomic E-state index is -4.60. The van der Waals surface area contributed by atoms with Gasteiger partial charge >= 0.3 is 6.18 Å². The number of carbonyl (C=O) groups is 2. The van der Waals surface area contributed by atoms with Crippen molar-refractivity contribution in [2.75, 3.05) is 11.4 Å². The standard InChI is InChI=1S/C16H11ClF3NO4/c17-8-2-1-7(16(18,19)20)5-9(8)21-6-15-4-3-10(25-15)11(14(23)24)12(15)13(21)22/h1-5,10-12H,6H2,(H,23,24)/p-1/t10-,11+,12-,15-/m1/s1. The summed E-state index contributed by atoms with van der Waals surface area (Å²) in [5.41, 5.74) is -2.25. The molecule has 132 valence electrons. The molecule has 1 spiro atoms. The number of rotatable bonds is 2. The van der Waals surface area contributed by atoms with Gasteiger partial charge in [0.15, 0.2) is 0 Å². The smallest absolute Gasteiger partial charge is 0.416 e. The normalized spacial score (nSPS) is 33.2. The van der Waals surface area contributed by atoms with E-state index in [1.165, 1.54) is 0 Å². The molecule has 4 atom stereocenters. The summed E-state index contributed by atoms with van der Waals surface area (Å²) in [7, 11) is 0. The van der Waals surface area contributed by atoms with Gasteiger partial charge in [0.25, 0.3) is 0 Å². The van der Waals surface area contributed by atoms with Crippen molar-refractivity contribution in [2.24, 2.45) is 11.8 Å². The van der Waals surface area contributed by atoms with E-state index < -0.39 is 47.2 Å². The number of carbonyl (C=O) groups excluding carboxylic acids is 2. The van der Waals surface area contributed by atoms with Gasteiger partial charge in [-0.3, -0.25) is 4.79 Å². The molecule has 0 N–H and O–H groups in total. The van der Waals surface area contributed by atoms with Gasteiger partial charge in [0, 0.05) is 11.9 Å². The Morgan fingerprint density at radius 2 is 2.12 bits per heavy atom. The minimum absolute atomic E-state index is 0.0405. The van der Waals surface area contributed by atoms with Crippen molar-refractivity contribution >= 4 is 29.2 Å². The average Bonchev–Trinajstić information content (AvgIpc) is 3.15. The molecule has 0 unspecified atom stereocenters. The number of hydrogen-bond donors (Lipinski definition) is 0. The van der Waals surface area contributed by atoms with Crippen molar-refractivity contribution in [1.29, 1.82) is 0 Å². The number of ether oxygens (including phenoxy) is 1. The molecule has 0 saturated carbocycles. The van der Waals surface area contributed by atoms with Gasteiger partial charge in [0.2, 0.25) is 5.91 Å². The molecule has 3 aliphatic rings. The van der Waals surface area contributed by atoms with Crippen molar-refractivity contribution in [3.8, 4) is 0 Å². The molecule has 0 radical (unpaired) electrons. The second-order valence-corrected chi connectivity index (χ2v) is 6.71. The van der Waals surface area contributed by atoms with Gasteiger partial charge in [-0.25, -0.2) is 0 Å². The monoisotopic (exact) mass is 372 g/mol. The Kier molecular flexibility index (Phi) is 3.27. The summed E-state index contributed by atoms with van der Waals surface area (Å²) in [5, 5.41) is 11.4. The Morgan fingerprint density at radius 1 is 1.40 bits per heavy atom. The molecule has 25 heavy (non-hydrogen) atoms. The fourth-order valence-electron chi connectivity index (χ4n) is 3.87. The zero-order chi connectivity index (χ0) is 18.1. The van der Waals surface area contributed by atoms with E-state index in [4.69, 9.17) is 16.3 Å². The summed E-state index contributed by atoms with van der Waals surface area (Å²) in [4.78, 5) is 25.2. The van der Waals surface area contributed by atoms with Gasteiger partial charge in [-0.05, 0) is 18.2 Å². The number of hydrogen-bond acceptors (Lipinski definition) is 4. The van der Waals surface area contributed by atoms with Crippen molar-refractivity contribution in [2.45, 2.75) is 17.9 Å². The summed E-state index contributed by atoms with van der Waals surface area (Å²) in [5.74, 6) is -4.28. The summed E-state index contributed by atoms with van der Waals surface area (Å²) in [6.07, 6.45) is -2.22. The van der Waals surface area contributed by atoms with E-state index in [1.807, 2.05) is 0 Å².